The van der Waals surface area contributed by atoms with Gasteiger partial charge >= 0.3 is 6.18 Å². The van der Waals surface area contributed by atoms with Crippen LogP contribution in [0.2, 0.25) is 5.02 Å². The number of hydrogen-bond acceptors (Lipinski definition) is 5. The molecule has 0 aliphatic carbocycles. The summed E-state index contributed by atoms with van der Waals surface area (Å²) < 4.78 is 39.2. The number of piperazine rings is 2. The minimum absolute atomic E-state index is 0.0510. The van der Waals surface area contributed by atoms with Crippen LogP contribution in [0.25, 0.3) is 0 Å². The Hall–Kier alpha value is -3.31. The standard InChI is InChI=1S/C26H29ClF3N5O3/c1-17-5-6-19(14-21(17)27)32-23(36)15-22-25(38)31-7-8-35(22)24(37)16-33-9-11-34(12-10-33)20-4-2-3-18(13-20)26(28,29)30/h2-6,13-14,22H,7-12,15-16H2,1H3,(H,31,38)(H,32,36)/t22-/m0/s1. The van der Waals surface area contributed by atoms with Gasteiger partial charge in [0.1, 0.15) is 6.04 Å². The summed E-state index contributed by atoms with van der Waals surface area (Å²) in [6.45, 7) is 4.33. The van der Waals surface area contributed by atoms with Crippen molar-refractivity contribution < 1.29 is 27.6 Å². The third-order valence-corrected chi connectivity index (χ3v) is 7.16. The van der Waals surface area contributed by atoms with Crippen molar-refractivity contribution in [2.24, 2.45) is 0 Å². The number of aryl methyl sites for hydroxylation is 1. The predicted molar refractivity (Wildman–Crippen MR) is 138 cm³/mol. The third kappa shape index (κ3) is 6.76. The van der Waals surface area contributed by atoms with Gasteiger partial charge in [-0.25, -0.2) is 0 Å². The van der Waals surface area contributed by atoms with Crippen molar-refractivity contribution in [2.45, 2.75) is 25.6 Å². The Labute approximate surface area is 223 Å². The van der Waals surface area contributed by atoms with Crippen LogP contribution in [0.3, 0.4) is 0 Å². The molecule has 4 rings (SSSR count). The molecule has 2 N–H and O–H groups in total. The van der Waals surface area contributed by atoms with Crippen molar-refractivity contribution in [3.63, 3.8) is 0 Å². The molecule has 2 fully saturated rings. The molecule has 2 saturated heterocycles. The fraction of sp³-hybridized carbons (Fsp3) is 0.423. The van der Waals surface area contributed by atoms with E-state index in [9.17, 15) is 27.6 Å². The van der Waals surface area contributed by atoms with Gasteiger partial charge in [-0.05, 0) is 42.8 Å². The van der Waals surface area contributed by atoms with Gasteiger partial charge in [0.15, 0.2) is 0 Å². The molecule has 0 aromatic heterocycles. The maximum absolute atomic E-state index is 13.2. The molecule has 0 bridgehead atoms. The highest BCUT2D eigenvalue weighted by Gasteiger charge is 2.36. The maximum Gasteiger partial charge on any atom is 0.416 e. The second kappa shape index (κ2) is 11.6. The summed E-state index contributed by atoms with van der Waals surface area (Å²) in [5.41, 5.74) is 1.15. The van der Waals surface area contributed by atoms with Crippen LogP contribution >= 0.6 is 11.6 Å². The molecule has 0 radical (unpaired) electrons. The topological polar surface area (TPSA) is 85.0 Å². The van der Waals surface area contributed by atoms with Crippen molar-refractivity contribution in [1.82, 2.24) is 15.1 Å². The number of nitrogens with zero attached hydrogens (tertiary/aromatic N) is 3. The number of hydrogen-bond donors (Lipinski definition) is 2. The van der Waals surface area contributed by atoms with Crippen LogP contribution in [-0.4, -0.2) is 79.4 Å². The lowest BCUT2D eigenvalue weighted by Crippen LogP contribution is -2.60. The fourth-order valence-electron chi connectivity index (χ4n) is 4.60. The highest BCUT2D eigenvalue weighted by Crippen LogP contribution is 2.32. The molecule has 0 spiro atoms. The van der Waals surface area contributed by atoms with Gasteiger partial charge in [-0.1, -0.05) is 23.7 Å². The lowest BCUT2D eigenvalue weighted by molar-refractivity contribution is -0.145. The summed E-state index contributed by atoms with van der Waals surface area (Å²) in [5.74, 6) is -1.08. The van der Waals surface area contributed by atoms with Gasteiger partial charge in [-0.2, -0.15) is 13.2 Å². The molecular formula is C26H29ClF3N5O3. The van der Waals surface area contributed by atoms with Crippen LogP contribution in [0.4, 0.5) is 24.5 Å². The summed E-state index contributed by atoms with van der Waals surface area (Å²) in [4.78, 5) is 43.6. The van der Waals surface area contributed by atoms with E-state index in [2.05, 4.69) is 10.6 Å². The van der Waals surface area contributed by atoms with E-state index in [1.807, 2.05) is 16.7 Å². The summed E-state index contributed by atoms with van der Waals surface area (Å²) in [7, 11) is 0. The minimum atomic E-state index is -4.41. The zero-order chi connectivity index (χ0) is 27.4. The first-order valence-corrected chi connectivity index (χ1v) is 12.7. The first-order chi connectivity index (χ1) is 18.0. The normalized spacial score (nSPS) is 18.8. The van der Waals surface area contributed by atoms with E-state index in [4.69, 9.17) is 11.6 Å². The number of benzene rings is 2. The van der Waals surface area contributed by atoms with Crippen LogP contribution in [-0.2, 0) is 20.6 Å². The first kappa shape index (κ1) is 27.7. The summed E-state index contributed by atoms with van der Waals surface area (Å²) in [6.07, 6.45) is -4.61. The molecule has 2 heterocycles. The predicted octanol–water partition coefficient (Wildman–Crippen LogP) is 3.15. The quantitative estimate of drug-likeness (QED) is 0.576. The van der Waals surface area contributed by atoms with Gasteiger partial charge in [0.25, 0.3) is 0 Å². The highest BCUT2D eigenvalue weighted by molar-refractivity contribution is 6.31. The molecule has 1 atom stereocenters. The van der Waals surface area contributed by atoms with Crippen molar-refractivity contribution in [3.8, 4) is 0 Å². The molecule has 0 unspecified atom stereocenters. The van der Waals surface area contributed by atoms with Gasteiger partial charge in [0.2, 0.25) is 17.7 Å². The van der Waals surface area contributed by atoms with Crippen molar-refractivity contribution >= 4 is 40.7 Å². The first-order valence-electron chi connectivity index (χ1n) is 12.3. The number of rotatable bonds is 6. The minimum Gasteiger partial charge on any atom is -0.369 e. The number of alkyl halides is 3. The largest absolute Gasteiger partial charge is 0.416 e. The van der Waals surface area contributed by atoms with Gasteiger partial charge in [-0.3, -0.25) is 19.3 Å². The Morgan fingerprint density at radius 1 is 1.08 bits per heavy atom. The van der Waals surface area contributed by atoms with E-state index in [0.717, 1.165) is 17.7 Å². The van der Waals surface area contributed by atoms with Crippen molar-refractivity contribution in [2.75, 3.05) is 56.0 Å². The molecule has 8 nitrogen and oxygen atoms in total. The summed E-state index contributed by atoms with van der Waals surface area (Å²) >= 11 is 6.12. The molecule has 38 heavy (non-hydrogen) atoms. The van der Waals surface area contributed by atoms with Crippen molar-refractivity contribution in [1.29, 1.82) is 0 Å². The average molecular weight is 552 g/mol. The Kier molecular flexibility index (Phi) is 8.47. The number of carbonyl (C=O) groups is 3. The van der Waals surface area contributed by atoms with Crippen LogP contribution in [0.5, 0.6) is 0 Å². The van der Waals surface area contributed by atoms with Crippen LogP contribution in [0.1, 0.15) is 17.5 Å². The maximum atomic E-state index is 13.2. The van der Waals surface area contributed by atoms with Crippen molar-refractivity contribution in [3.05, 3.63) is 58.6 Å². The van der Waals surface area contributed by atoms with Crippen LogP contribution < -0.4 is 15.5 Å². The number of anilines is 2. The molecule has 3 amide bonds. The van der Waals surface area contributed by atoms with E-state index in [1.165, 1.54) is 11.0 Å². The van der Waals surface area contributed by atoms with E-state index in [1.54, 1.807) is 24.3 Å². The lowest BCUT2D eigenvalue weighted by atomic mass is 10.1. The molecule has 2 aliphatic rings. The van der Waals surface area contributed by atoms with E-state index in [-0.39, 0.29) is 25.4 Å². The Morgan fingerprint density at radius 3 is 2.50 bits per heavy atom. The van der Waals surface area contributed by atoms with E-state index in [0.29, 0.717) is 49.1 Å². The third-order valence-electron chi connectivity index (χ3n) is 6.76. The van der Waals surface area contributed by atoms with Crippen LogP contribution in [0, 0.1) is 6.92 Å². The Bertz CT molecular complexity index is 1200. The fourth-order valence-corrected chi connectivity index (χ4v) is 4.78. The molecule has 204 valence electrons. The van der Waals surface area contributed by atoms with Gasteiger partial charge in [0.05, 0.1) is 18.5 Å². The SMILES string of the molecule is Cc1ccc(NC(=O)C[C@H]2C(=O)NCCN2C(=O)CN2CCN(c3cccc(C(F)(F)F)c3)CC2)cc1Cl. The number of carbonyl (C=O) groups excluding carboxylic acids is 3. The number of nitrogens with one attached hydrogen (secondary N) is 2. The highest BCUT2D eigenvalue weighted by atomic mass is 35.5. The zero-order valence-corrected chi connectivity index (χ0v) is 21.6. The second-order valence-electron chi connectivity index (χ2n) is 9.42. The monoisotopic (exact) mass is 551 g/mol. The van der Waals surface area contributed by atoms with Gasteiger partial charge < -0.3 is 20.4 Å². The smallest absolute Gasteiger partial charge is 0.369 e. The molecule has 2 aromatic rings. The second-order valence-corrected chi connectivity index (χ2v) is 9.83. The van der Waals surface area contributed by atoms with Gasteiger partial charge in [0, 0.05) is 55.7 Å². The Morgan fingerprint density at radius 2 is 1.82 bits per heavy atom. The average Bonchev–Trinajstić information content (AvgIpc) is 2.87. The molecule has 12 heteroatoms. The molecule has 2 aliphatic heterocycles. The van der Waals surface area contributed by atoms with Gasteiger partial charge in [-0.15, -0.1) is 0 Å². The summed E-state index contributed by atoms with van der Waals surface area (Å²) in [6, 6.07) is 9.37. The molecular weight excluding hydrogens is 523 g/mol. The number of amides is 3. The van der Waals surface area contributed by atoms with E-state index >= 15 is 0 Å². The van der Waals surface area contributed by atoms with Crippen LogP contribution in [0.15, 0.2) is 42.5 Å². The molecule has 2 aromatic carbocycles. The number of halogens is 4. The lowest BCUT2D eigenvalue weighted by Gasteiger charge is -2.39. The van der Waals surface area contributed by atoms with E-state index < -0.39 is 29.6 Å². The Balaban J connectivity index is 1.33. The molecule has 0 saturated carbocycles. The zero-order valence-electron chi connectivity index (χ0n) is 20.9. The summed E-state index contributed by atoms with van der Waals surface area (Å²) in [5, 5.41) is 5.94.